The highest BCUT2D eigenvalue weighted by Gasteiger charge is 2.30. The van der Waals surface area contributed by atoms with Gasteiger partial charge in [-0.1, -0.05) is 24.3 Å². The molecule has 2 aliphatic carbocycles. The highest BCUT2D eigenvalue weighted by atomic mass is 16.5. The molecule has 0 atom stereocenters. The molecule has 1 nitrogen and oxygen atoms in total. The molecule has 21 heavy (non-hydrogen) atoms. The molecule has 0 saturated heterocycles. The Kier molecular flexibility index (Phi) is 7.57. The largest absolute Gasteiger partial charge is 0.377 e. The van der Waals surface area contributed by atoms with Gasteiger partial charge in [0.05, 0.1) is 6.61 Å². The molecule has 120 valence electrons. The maximum absolute atomic E-state index is 5.74. The molecule has 1 heteroatoms. The number of hydrogen-bond donors (Lipinski definition) is 0. The van der Waals surface area contributed by atoms with Crippen LogP contribution in [0.3, 0.4) is 0 Å². The maximum atomic E-state index is 5.74. The van der Waals surface area contributed by atoms with Crippen molar-refractivity contribution in [1.29, 1.82) is 0 Å². The Morgan fingerprint density at radius 1 is 0.810 bits per heavy atom. The van der Waals surface area contributed by atoms with Crippen molar-refractivity contribution in [2.45, 2.75) is 65.2 Å². The van der Waals surface area contributed by atoms with Crippen molar-refractivity contribution in [2.75, 3.05) is 13.2 Å². The molecule has 0 radical (unpaired) electrons. The quantitative estimate of drug-likeness (QED) is 0.446. The predicted molar refractivity (Wildman–Crippen MR) is 91.3 cm³/mol. The third-order valence-electron chi connectivity index (χ3n) is 5.64. The van der Waals surface area contributed by atoms with E-state index >= 15 is 0 Å². The van der Waals surface area contributed by atoms with E-state index in [0.29, 0.717) is 0 Å². The lowest BCUT2D eigenvalue weighted by atomic mass is 9.69. The molecule has 0 heterocycles. The van der Waals surface area contributed by atoms with Crippen LogP contribution in [0.2, 0.25) is 0 Å². The van der Waals surface area contributed by atoms with Gasteiger partial charge in [-0.25, -0.2) is 0 Å². The molecule has 0 unspecified atom stereocenters. The SMILES string of the molecule is C/C=C\COCC1CCC(C2CCC(/C=C/C)CC2)CC1. The monoisotopic (exact) mass is 290 g/mol. The van der Waals surface area contributed by atoms with Crippen molar-refractivity contribution in [3.8, 4) is 0 Å². The van der Waals surface area contributed by atoms with Crippen molar-refractivity contribution in [2.24, 2.45) is 23.7 Å². The van der Waals surface area contributed by atoms with Crippen LogP contribution < -0.4 is 0 Å². The minimum Gasteiger partial charge on any atom is -0.377 e. The summed E-state index contributed by atoms with van der Waals surface area (Å²) in [6.45, 7) is 5.99. The minimum absolute atomic E-state index is 0.797. The molecular formula is C20H34O. The van der Waals surface area contributed by atoms with Crippen LogP contribution in [0.25, 0.3) is 0 Å². The fourth-order valence-corrected chi connectivity index (χ4v) is 4.31. The van der Waals surface area contributed by atoms with Crippen LogP contribution in [0.5, 0.6) is 0 Å². The van der Waals surface area contributed by atoms with Crippen molar-refractivity contribution in [3.63, 3.8) is 0 Å². The molecule has 0 bridgehead atoms. The van der Waals surface area contributed by atoms with E-state index in [0.717, 1.165) is 36.9 Å². The van der Waals surface area contributed by atoms with Gasteiger partial charge in [-0.2, -0.15) is 0 Å². The molecule has 0 aliphatic heterocycles. The zero-order valence-electron chi connectivity index (χ0n) is 14.1. The van der Waals surface area contributed by atoms with Gasteiger partial charge in [-0.15, -0.1) is 0 Å². The Bertz CT molecular complexity index is 315. The van der Waals surface area contributed by atoms with Crippen LogP contribution in [-0.2, 0) is 4.74 Å². The zero-order chi connectivity index (χ0) is 14.9. The van der Waals surface area contributed by atoms with Gasteiger partial charge in [0.15, 0.2) is 0 Å². The molecule has 0 aromatic heterocycles. The number of hydrogen-bond acceptors (Lipinski definition) is 1. The van der Waals surface area contributed by atoms with Gasteiger partial charge in [0.1, 0.15) is 0 Å². The molecule has 2 rings (SSSR count). The fraction of sp³-hybridized carbons (Fsp3) is 0.800. The lowest BCUT2D eigenvalue weighted by Gasteiger charge is -2.37. The first-order valence-electron chi connectivity index (χ1n) is 9.15. The van der Waals surface area contributed by atoms with Gasteiger partial charge in [-0.3, -0.25) is 0 Å². The van der Waals surface area contributed by atoms with E-state index in [1.54, 1.807) is 0 Å². The molecule has 2 fully saturated rings. The Balaban J connectivity index is 1.63. The molecule has 0 aromatic carbocycles. The van der Waals surface area contributed by atoms with E-state index in [4.69, 9.17) is 4.74 Å². The van der Waals surface area contributed by atoms with Crippen molar-refractivity contribution in [1.82, 2.24) is 0 Å². The summed E-state index contributed by atoms with van der Waals surface area (Å²) in [6.07, 6.45) is 20.4. The number of allylic oxidation sites excluding steroid dienone is 3. The van der Waals surface area contributed by atoms with E-state index in [2.05, 4.69) is 38.2 Å². The van der Waals surface area contributed by atoms with Gasteiger partial charge in [0.25, 0.3) is 0 Å². The van der Waals surface area contributed by atoms with Crippen molar-refractivity contribution < 1.29 is 4.74 Å². The van der Waals surface area contributed by atoms with E-state index in [1.165, 1.54) is 51.4 Å². The Hall–Kier alpha value is -0.560. The maximum Gasteiger partial charge on any atom is 0.0647 e. The Morgan fingerprint density at radius 3 is 2.00 bits per heavy atom. The summed E-state index contributed by atoms with van der Waals surface area (Å²) in [5.41, 5.74) is 0. The fourth-order valence-electron chi connectivity index (χ4n) is 4.31. The molecule has 0 aromatic rings. The summed E-state index contributed by atoms with van der Waals surface area (Å²) >= 11 is 0. The first-order valence-corrected chi connectivity index (χ1v) is 9.15. The van der Waals surface area contributed by atoms with Crippen LogP contribution in [0.1, 0.15) is 65.2 Å². The normalized spacial score (nSPS) is 34.8. The van der Waals surface area contributed by atoms with Gasteiger partial charge in [-0.05, 0) is 88.9 Å². The lowest BCUT2D eigenvalue weighted by Crippen LogP contribution is -2.26. The molecule has 2 saturated carbocycles. The smallest absolute Gasteiger partial charge is 0.0647 e. The molecule has 0 N–H and O–H groups in total. The molecular weight excluding hydrogens is 256 g/mol. The number of ether oxygens (including phenoxy) is 1. The summed E-state index contributed by atoms with van der Waals surface area (Å²) in [7, 11) is 0. The van der Waals surface area contributed by atoms with Crippen LogP contribution in [-0.4, -0.2) is 13.2 Å². The number of rotatable bonds is 6. The zero-order valence-corrected chi connectivity index (χ0v) is 14.1. The summed E-state index contributed by atoms with van der Waals surface area (Å²) in [6, 6.07) is 0. The average molecular weight is 290 g/mol. The summed E-state index contributed by atoms with van der Waals surface area (Å²) in [5.74, 6) is 3.74. The topological polar surface area (TPSA) is 9.23 Å². The average Bonchev–Trinajstić information content (AvgIpc) is 2.53. The van der Waals surface area contributed by atoms with Crippen molar-refractivity contribution in [3.05, 3.63) is 24.3 Å². The van der Waals surface area contributed by atoms with Gasteiger partial charge < -0.3 is 4.74 Å². The highest BCUT2D eigenvalue weighted by molar-refractivity contribution is 4.90. The van der Waals surface area contributed by atoms with Crippen LogP contribution in [0.15, 0.2) is 24.3 Å². The third-order valence-corrected chi connectivity index (χ3v) is 5.64. The van der Waals surface area contributed by atoms with Crippen LogP contribution in [0.4, 0.5) is 0 Å². The van der Waals surface area contributed by atoms with Gasteiger partial charge >= 0.3 is 0 Å². The van der Waals surface area contributed by atoms with Gasteiger partial charge in [0.2, 0.25) is 0 Å². The first-order chi connectivity index (χ1) is 10.3. The Labute approximate surface area is 131 Å². The first kappa shape index (κ1) is 16.8. The standard InChI is InChI=1S/C20H34O/c1-3-5-15-21-16-18-9-13-20(14-10-18)19-11-7-17(6-4-2)8-12-19/h3-6,17-20H,7-16H2,1-2H3/b5-3-,6-4+. The van der Waals surface area contributed by atoms with E-state index in [-0.39, 0.29) is 0 Å². The van der Waals surface area contributed by atoms with E-state index < -0.39 is 0 Å². The minimum atomic E-state index is 0.797. The summed E-state index contributed by atoms with van der Waals surface area (Å²) in [5, 5.41) is 0. The lowest BCUT2D eigenvalue weighted by molar-refractivity contribution is 0.0799. The second-order valence-corrected chi connectivity index (χ2v) is 7.09. The van der Waals surface area contributed by atoms with Crippen molar-refractivity contribution >= 4 is 0 Å². The Morgan fingerprint density at radius 2 is 1.43 bits per heavy atom. The highest BCUT2D eigenvalue weighted by Crippen LogP contribution is 2.41. The molecule has 0 spiro atoms. The second-order valence-electron chi connectivity index (χ2n) is 7.09. The molecule has 2 aliphatic rings. The van der Waals surface area contributed by atoms with Gasteiger partial charge in [0, 0.05) is 6.61 Å². The van der Waals surface area contributed by atoms with E-state index in [1.807, 2.05) is 0 Å². The van der Waals surface area contributed by atoms with E-state index in [9.17, 15) is 0 Å². The van der Waals surface area contributed by atoms with Crippen LogP contribution >= 0.6 is 0 Å². The third kappa shape index (κ3) is 5.62. The molecule has 0 amide bonds. The summed E-state index contributed by atoms with van der Waals surface area (Å²) < 4.78 is 5.74. The van der Waals surface area contributed by atoms with Crippen LogP contribution in [0, 0.1) is 23.7 Å². The second kappa shape index (κ2) is 9.46. The summed E-state index contributed by atoms with van der Waals surface area (Å²) in [4.78, 5) is 0. The predicted octanol–water partition coefficient (Wildman–Crippen LogP) is 5.77.